The Kier molecular flexibility index (Phi) is 5.21. The SMILES string of the molecule is O=C(Cc1csc(-c2ccsc2)n1)NNC(=O)c1ccc(Br)s1. The van der Waals surface area contributed by atoms with Gasteiger partial charge in [-0.25, -0.2) is 4.98 Å². The highest BCUT2D eigenvalue weighted by Crippen LogP contribution is 2.25. The highest BCUT2D eigenvalue weighted by Gasteiger charge is 2.12. The molecular weight excluding hydrogens is 418 g/mol. The predicted octanol–water partition coefficient (Wildman–Crippen LogP) is 3.70. The van der Waals surface area contributed by atoms with E-state index in [0.717, 1.165) is 14.4 Å². The van der Waals surface area contributed by atoms with Crippen LogP contribution in [0.2, 0.25) is 0 Å². The number of nitrogens with one attached hydrogen (secondary N) is 2. The molecule has 118 valence electrons. The van der Waals surface area contributed by atoms with Crippen LogP contribution in [-0.2, 0) is 11.2 Å². The van der Waals surface area contributed by atoms with Crippen molar-refractivity contribution in [1.29, 1.82) is 0 Å². The number of aromatic nitrogens is 1. The summed E-state index contributed by atoms with van der Waals surface area (Å²) < 4.78 is 0.859. The molecule has 3 aromatic heterocycles. The summed E-state index contributed by atoms with van der Waals surface area (Å²) in [5, 5.41) is 6.75. The summed E-state index contributed by atoms with van der Waals surface area (Å²) >= 11 is 7.69. The minimum absolute atomic E-state index is 0.120. The van der Waals surface area contributed by atoms with E-state index in [1.54, 1.807) is 23.5 Å². The zero-order valence-electron chi connectivity index (χ0n) is 11.5. The largest absolute Gasteiger partial charge is 0.279 e. The maximum absolute atomic E-state index is 11.9. The number of carbonyl (C=O) groups is 2. The molecule has 0 aliphatic heterocycles. The van der Waals surface area contributed by atoms with Gasteiger partial charge >= 0.3 is 0 Å². The molecule has 2 N–H and O–H groups in total. The van der Waals surface area contributed by atoms with E-state index < -0.39 is 0 Å². The van der Waals surface area contributed by atoms with Gasteiger partial charge in [0.25, 0.3) is 5.91 Å². The maximum Gasteiger partial charge on any atom is 0.279 e. The molecule has 3 rings (SSSR count). The van der Waals surface area contributed by atoms with E-state index in [0.29, 0.717) is 10.6 Å². The van der Waals surface area contributed by atoms with Gasteiger partial charge in [-0.15, -0.1) is 22.7 Å². The van der Waals surface area contributed by atoms with E-state index in [9.17, 15) is 9.59 Å². The van der Waals surface area contributed by atoms with Crippen molar-refractivity contribution in [2.75, 3.05) is 0 Å². The van der Waals surface area contributed by atoms with Crippen molar-refractivity contribution in [3.63, 3.8) is 0 Å². The predicted molar refractivity (Wildman–Crippen MR) is 96.8 cm³/mol. The van der Waals surface area contributed by atoms with E-state index in [1.807, 2.05) is 22.2 Å². The molecule has 0 saturated heterocycles. The summed E-state index contributed by atoms with van der Waals surface area (Å²) in [7, 11) is 0. The Balaban J connectivity index is 1.52. The second kappa shape index (κ2) is 7.35. The van der Waals surface area contributed by atoms with Gasteiger partial charge in [-0.1, -0.05) is 0 Å². The highest BCUT2D eigenvalue weighted by atomic mass is 79.9. The molecule has 0 unspecified atom stereocenters. The molecule has 9 heteroatoms. The number of thiazole rings is 1. The summed E-state index contributed by atoms with van der Waals surface area (Å²) in [6.07, 6.45) is 0.120. The normalized spacial score (nSPS) is 10.5. The number of carbonyl (C=O) groups excluding carboxylic acids is 2. The molecule has 0 bridgehead atoms. The van der Waals surface area contributed by atoms with Crippen molar-refractivity contribution in [2.24, 2.45) is 0 Å². The highest BCUT2D eigenvalue weighted by molar-refractivity contribution is 9.11. The third kappa shape index (κ3) is 4.25. The first kappa shape index (κ1) is 16.3. The number of hydrogen-bond acceptors (Lipinski definition) is 6. The number of halogens is 1. The first-order valence-corrected chi connectivity index (χ1v) is 9.86. The van der Waals surface area contributed by atoms with E-state index >= 15 is 0 Å². The molecule has 0 saturated carbocycles. The second-order valence-electron chi connectivity index (χ2n) is 4.44. The summed E-state index contributed by atoms with van der Waals surface area (Å²) in [5.41, 5.74) is 6.54. The Bertz CT molecular complexity index is 826. The van der Waals surface area contributed by atoms with Gasteiger partial charge in [0.05, 0.1) is 20.8 Å². The molecule has 0 radical (unpaired) electrons. The van der Waals surface area contributed by atoms with Crippen LogP contribution in [0.25, 0.3) is 10.6 Å². The van der Waals surface area contributed by atoms with Crippen LogP contribution in [0.1, 0.15) is 15.4 Å². The lowest BCUT2D eigenvalue weighted by atomic mass is 10.3. The molecule has 3 aromatic rings. The van der Waals surface area contributed by atoms with Crippen molar-refractivity contribution in [3.8, 4) is 10.6 Å². The van der Waals surface area contributed by atoms with E-state index in [1.165, 1.54) is 22.7 Å². The van der Waals surface area contributed by atoms with Crippen molar-refractivity contribution in [3.05, 3.63) is 48.7 Å². The monoisotopic (exact) mass is 427 g/mol. The van der Waals surface area contributed by atoms with Crippen molar-refractivity contribution < 1.29 is 9.59 Å². The third-order valence-corrected chi connectivity index (χ3v) is 6.02. The third-order valence-electron chi connectivity index (χ3n) is 2.77. The molecule has 0 fully saturated rings. The van der Waals surface area contributed by atoms with Gasteiger partial charge in [-0.05, 0) is 39.5 Å². The molecule has 0 spiro atoms. The van der Waals surface area contributed by atoms with Gasteiger partial charge in [-0.2, -0.15) is 11.3 Å². The summed E-state index contributed by atoms with van der Waals surface area (Å²) in [5.74, 6) is -0.651. The number of hydrogen-bond donors (Lipinski definition) is 2. The quantitative estimate of drug-likeness (QED) is 0.623. The number of rotatable bonds is 4. The van der Waals surface area contributed by atoms with Gasteiger partial charge < -0.3 is 0 Å². The Labute approximate surface area is 152 Å². The molecule has 5 nitrogen and oxygen atoms in total. The van der Waals surface area contributed by atoms with Crippen LogP contribution in [0.4, 0.5) is 0 Å². The van der Waals surface area contributed by atoms with Crippen molar-refractivity contribution in [2.45, 2.75) is 6.42 Å². The maximum atomic E-state index is 11.9. The van der Waals surface area contributed by atoms with Gasteiger partial charge in [-0.3, -0.25) is 20.4 Å². The summed E-state index contributed by atoms with van der Waals surface area (Å²) in [6, 6.07) is 5.46. The summed E-state index contributed by atoms with van der Waals surface area (Å²) in [4.78, 5) is 28.7. The lowest BCUT2D eigenvalue weighted by molar-refractivity contribution is -0.121. The average Bonchev–Trinajstić information content (AvgIpc) is 3.25. The smallest absolute Gasteiger partial charge is 0.273 e. The van der Waals surface area contributed by atoms with Gasteiger partial charge in [0.15, 0.2) is 0 Å². The van der Waals surface area contributed by atoms with Crippen LogP contribution in [0.15, 0.2) is 38.1 Å². The molecule has 2 amide bonds. The fourth-order valence-corrected chi connectivity index (χ4v) is 4.55. The minimum Gasteiger partial charge on any atom is -0.273 e. The van der Waals surface area contributed by atoms with Crippen LogP contribution in [0, 0.1) is 0 Å². The molecule has 0 aliphatic carbocycles. The number of nitrogens with zero attached hydrogens (tertiary/aromatic N) is 1. The Hall–Kier alpha value is -1.55. The Morgan fingerprint density at radius 3 is 2.74 bits per heavy atom. The molecule has 3 heterocycles. The molecule has 23 heavy (non-hydrogen) atoms. The Morgan fingerprint density at radius 1 is 1.17 bits per heavy atom. The van der Waals surface area contributed by atoms with Crippen LogP contribution in [-0.4, -0.2) is 16.8 Å². The molecule has 0 aromatic carbocycles. The van der Waals surface area contributed by atoms with E-state index in [2.05, 4.69) is 31.8 Å². The lowest BCUT2D eigenvalue weighted by Crippen LogP contribution is -2.42. The van der Waals surface area contributed by atoms with Crippen molar-refractivity contribution >= 4 is 61.8 Å². The van der Waals surface area contributed by atoms with Gasteiger partial charge in [0.1, 0.15) is 5.01 Å². The Morgan fingerprint density at radius 2 is 2.04 bits per heavy atom. The van der Waals surface area contributed by atoms with Gasteiger partial charge in [0.2, 0.25) is 5.91 Å². The fraction of sp³-hybridized carbons (Fsp3) is 0.0714. The standard InChI is InChI=1S/C14H10BrN3O2S3/c15-11-2-1-10(23-11)13(20)18-17-12(19)5-9-7-22-14(16-9)8-3-4-21-6-8/h1-4,6-7H,5H2,(H,17,19)(H,18,20). The van der Waals surface area contributed by atoms with Crippen LogP contribution in [0.3, 0.4) is 0 Å². The number of amides is 2. The average molecular weight is 428 g/mol. The lowest BCUT2D eigenvalue weighted by Gasteiger charge is -2.04. The van der Waals surface area contributed by atoms with Gasteiger partial charge in [0, 0.05) is 16.3 Å². The first-order chi connectivity index (χ1) is 11.1. The molecule has 0 atom stereocenters. The number of hydrazine groups is 1. The van der Waals surface area contributed by atoms with E-state index in [-0.39, 0.29) is 18.2 Å². The number of thiophene rings is 2. The summed E-state index contributed by atoms with van der Waals surface area (Å²) in [6.45, 7) is 0. The van der Waals surface area contributed by atoms with Crippen LogP contribution < -0.4 is 10.9 Å². The second-order valence-corrected chi connectivity index (χ2v) is 8.54. The topological polar surface area (TPSA) is 71.1 Å². The van der Waals surface area contributed by atoms with Crippen LogP contribution >= 0.6 is 49.9 Å². The molecular formula is C14H10BrN3O2S3. The van der Waals surface area contributed by atoms with Crippen molar-refractivity contribution in [1.82, 2.24) is 15.8 Å². The minimum atomic E-state index is -0.341. The van der Waals surface area contributed by atoms with E-state index in [4.69, 9.17) is 0 Å². The molecule has 0 aliphatic rings. The fourth-order valence-electron chi connectivity index (χ4n) is 1.74. The first-order valence-electron chi connectivity index (χ1n) is 6.43. The zero-order chi connectivity index (χ0) is 16.2. The zero-order valence-corrected chi connectivity index (χ0v) is 15.6. The van der Waals surface area contributed by atoms with Crippen LogP contribution in [0.5, 0.6) is 0 Å².